The molecular formula is C13H18NO3PS. The Morgan fingerprint density at radius 1 is 1.42 bits per heavy atom. The van der Waals surface area contributed by atoms with E-state index in [0.717, 1.165) is 5.69 Å². The van der Waals surface area contributed by atoms with E-state index in [9.17, 15) is 4.79 Å². The minimum absolute atomic E-state index is 0.0265. The Morgan fingerprint density at radius 2 is 2.11 bits per heavy atom. The molecule has 1 aromatic carbocycles. The monoisotopic (exact) mass is 299 g/mol. The Hall–Kier alpha value is -0.610. The molecule has 1 amide bonds. The van der Waals surface area contributed by atoms with Gasteiger partial charge in [0.15, 0.2) is 0 Å². The van der Waals surface area contributed by atoms with Crippen molar-refractivity contribution in [2.24, 2.45) is 0 Å². The van der Waals surface area contributed by atoms with Gasteiger partial charge in [-0.1, -0.05) is 43.8 Å². The summed E-state index contributed by atoms with van der Waals surface area (Å²) >= 11 is 1.29. The summed E-state index contributed by atoms with van der Waals surface area (Å²) in [6.45, 7) is 6.48. The maximum absolute atomic E-state index is 12.4. The lowest BCUT2D eigenvalue weighted by atomic mass is 10.3. The Morgan fingerprint density at radius 3 is 2.63 bits per heavy atom. The molecule has 0 aromatic heterocycles. The fraction of sp³-hybridized carbons (Fsp3) is 0.462. The zero-order valence-electron chi connectivity index (χ0n) is 11.3. The lowest BCUT2D eigenvalue weighted by Crippen LogP contribution is -2.23. The number of carbonyl (C=O) groups excluding carboxylic acids is 1. The fourth-order valence-corrected chi connectivity index (χ4v) is 3.96. The van der Waals surface area contributed by atoms with Crippen molar-refractivity contribution in [2.75, 3.05) is 11.3 Å². The van der Waals surface area contributed by atoms with Gasteiger partial charge in [0.2, 0.25) is 0 Å². The number of para-hydroxylation sites is 1. The molecule has 1 aromatic rings. The first-order valence-electron chi connectivity index (χ1n) is 6.23. The smallest absolute Gasteiger partial charge is 0.298 e. The van der Waals surface area contributed by atoms with Gasteiger partial charge in [0, 0.05) is 5.25 Å². The van der Waals surface area contributed by atoms with E-state index in [1.54, 1.807) is 4.67 Å². The molecule has 1 heterocycles. The van der Waals surface area contributed by atoms with Crippen molar-refractivity contribution in [3.63, 3.8) is 0 Å². The third kappa shape index (κ3) is 3.93. The topological polar surface area (TPSA) is 38.8 Å². The molecular weight excluding hydrogens is 281 g/mol. The summed E-state index contributed by atoms with van der Waals surface area (Å²) in [5.41, 5.74) is 0.820. The molecule has 0 saturated carbocycles. The van der Waals surface area contributed by atoms with E-state index in [1.165, 1.54) is 11.8 Å². The molecule has 4 nitrogen and oxygen atoms in total. The first kappa shape index (κ1) is 14.8. The molecule has 104 valence electrons. The number of anilines is 1. The number of hydrogen-bond acceptors (Lipinski definition) is 4. The molecule has 2 atom stereocenters. The molecule has 1 fully saturated rings. The lowest BCUT2D eigenvalue weighted by Gasteiger charge is -2.25. The summed E-state index contributed by atoms with van der Waals surface area (Å²) in [5, 5.41) is 0.204. The minimum Gasteiger partial charge on any atom is -0.314 e. The van der Waals surface area contributed by atoms with Crippen molar-refractivity contribution in [1.82, 2.24) is 0 Å². The maximum atomic E-state index is 12.4. The van der Waals surface area contributed by atoms with Crippen LogP contribution in [0.3, 0.4) is 0 Å². The van der Waals surface area contributed by atoms with Gasteiger partial charge < -0.3 is 9.05 Å². The normalized spacial score (nSPS) is 22.7. The van der Waals surface area contributed by atoms with Gasteiger partial charge in [0.05, 0.1) is 18.4 Å². The van der Waals surface area contributed by atoms with E-state index < -0.39 is 8.53 Å². The summed E-state index contributed by atoms with van der Waals surface area (Å²) < 4.78 is 13.0. The highest BCUT2D eigenvalue weighted by Crippen LogP contribution is 2.52. The highest BCUT2D eigenvalue weighted by molar-refractivity contribution is 8.14. The van der Waals surface area contributed by atoms with Crippen molar-refractivity contribution in [3.05, 3.63) is 30.3 Å². The maximum Gasteiger partial charge on any atom is 0.298 e. The fourth-order valence-electron chi connectivity index (χ4n) is 1.58. The molecule has 0 bridgehead atoms. The number of amides is 1. The third-order valence-corrected chi connectivity index (χ3v) is 5.00. The zero-order chi connectivity index (χ0) is 13.8. The Labute approximate surface area is 119 Å². The van der Waals surface area contributed by atoms with E-state index >= 15 is 0 Å². The van der Waals surface area contributed by atoms with Crippen LogP contribution in [0.25, 0.3) is 0 Å². The molecule has 1 aliphatic rings. The molecule has 6 heteroatoms. The second-order valence-electron chi connectivity index (χ2n) is 4.53. The quantitative estimate of drug-likeness (QED) is 0.775. The van der Waals surface area contributed by atoms with Crippen molar-refractivity contribution in [2.45, 2.75) is 32.1 Å². The van der Waals surface area contributed by atoms with Crippen LogP contribution in [0.1, 0.15) is 20.8 Å². The van der Waals surface area contributed by atoms with Crippen LogP contribution in [0.4, 0.5) is 10.5 Å². The van der Waals surface area contributed by atoms with Crippen LogP contribution in [-0.2, 0) is 9.05 Å². The Kier molecular flexibility index (Phi) is 5.22. The predicted octanol–water partition coefficient (Wildman–Crippen LogP) is 4.42. The van der Waals surface area contributed by atoms with Gasteiger partial charge in [-0.15, -0.1) is 0 Å². The van der Waals surface area contributed by atoms with Crippen LogP contribution in [0.5, 0.6) is 0 Å². The predicted molar refractivity (Wildman–Crippen MR) is 80.5 cm³/mol. The molecule has 2 rings (SSSR count). The molecule has 1 aliphatic heterocycles. The summed E-state index contributed by atoms with van der Waals surface area (Å²) in [6.07, 6.45) is 0.0363. The van der Waals surface area contributed by atoms with Gasteiger partial charge >= 0.3 is 0 Å². The number of hydrogen-bond donors (Lipinski definition) is 0. The minimum atomic E-state index is -1.33. The number of rotatable bonds is 3. The standard InChI is InChI=1S/C13H18NO3PS/c1-10(2)19-13(15)14(12-7-5-4-6-8-12)18-16-9-11(3)17-18/h4-8,10-11H,9H2,1-3H3. The number of benzene rings is 1. The summed E-state index contributed by atoms with van der Waals surface area (Å²) in [6, 6.07) is 9.54. The molecule has 0 radical (unpaired) electrons. The van der Waals surface area contributed by atoms with Crippen molar-refractivity contribution in [3.8, 4) is 0 Å². The molecule has 0 N–H and O–H groups in total. The first-order valence-corrected chi connectivity index (χ1v) is 8.24. The average molecular weight is 299 g/mol. The Bertz CT molecular complexity index is 429. The number of thioether (sulfide) groups is 1. The van der Waals surface area contributed by atoms with Gasteiger partial charge in [-0.05, 0) is 19.1 Å². The molecule has 1 saturated heterocycles. The highest BCUT2D eigenvalue weighted by Gasteiger charge is 2.35. The second kappa shape index (κ2) is 6.71. The van der Waals surface area contributed by atoms with E-state index in [0.29, 0.717) is 6.61 Å². The summed E-state index contributed by atoms with van der Waals surface area (Å²) in [5.74, 6) is 0. The van der Waals surface area contributed by atoms with Crippen molar-refractivity contribution < 1.29 is 13.8 Å². The lowest BCUT2D eigenvalue weighted by molar-refractivity contribution is 0.260. The van der Waals surface area contributed by atoms with E-state index in [4.69, 9.17) is 9.05 Å². The van der Waals surface area contributed by atoms with Crippen LogP contribution in [0, 0.1) is 0 Å². The van der Waals surface area contributed by atoms with E-state index in [1.807, 2.05) is 51.1 Å². The van der Waals surface area contributed by atoms with Crippen LogP contribution >= 0.6 is 20.3 Å². The number of carbonyl (C=O) groups is 1. The van der Waals surface area contributed by atoms with Gasteiger partial charge in [-0.2, -0.15) is 0 Å². The third-order valence-electron chi connectivity index (χ3n) is 2.36. The number of nitrogens with zero attached hydrogens (tertiary/aromatic N) is 1. The van der Waals surface area contributed by atoms with Crippen LogP contribution in [0.2, 0.25) is 0 Å². The Balaban J connectivity index is 2.21. The van der Waals surface area contributed by atoms with Crippen LogP contribution in [-0.4, -0.2) is 23.2 Å². The SMILES string of the molecule is CC1COP(N(C(=O)SC(C)C)c2ccccc2)O1. The molecule has 0 aliphatic carbocycles. The zero-order valence-corrected chi connectivity index (χ0v) is 13.0. The van der Waals surface area contributed by atoms with Crippen molar-refractivity contribution in [1.29, 1.82) is 0 Å². The average Bonchev–Trinajstić information content (AvgIpc) is 2.76. The summed E-state index contributed by atoms with van der Waals surface area (Å²) in [4.78, 5) is 12.4. The molecule has 19 heavy (non-hydrogen) atoms. The van der Waals surface area contributed by atoms with E-state index in [2.05, 4.69) is 0 Å². The largest absolute Gasteiger partial charge is 0.314 e. The second-order valence-corrected chi connectivity index (χ2v) is 7.40. The van der Waals surface area contributed by atoms with Gasteiger partial charge in [0.1, 0.15) is 0 Å². The van der Waals surface area contributed by atoms with E-state index in [-0.39, 0.29) is 16.6 Å². The van der Waals surface area contributed by atoms with Gasteiger partial charge in [-0.25, -0.2) is 4.67 Å². The molecule has 0 spiro atoms. The molecule has 2 unspecified atom stereocenters. The summed E-state index contributed by atoms with van der Waals surface area (Å²) in [7, 11) is -1.33. The van der Waals surface area contributed by atoms with Crippen LogP contribution in [0.15, 0.2) is 30.3 Å². The van der Waals surface area contributed by atoms with Crippen LogP contribution < -0.4 is 4.67 Å². The van der Waals surface area contributed by atoms with Gasteiger partial charge in [-0.3, -0.25) is 4.79 Å². The highest BCUT2D eigenvalue weighted by atomic mass is 32.2. The first-order chi connectivity index (χ1) is 9.08. The van der Waals surface area contributed by atoms with Crippen molar-refractivity contribution >= 4 is 31.2 Å². The van der Waals surface area contributed by atoms with Gasteiger partial charge in [0.25, 0.3) is 13.8 Å².